The van der Waals surface area contributed by atoms with Gasteiger partial charge in [0.2, 0.25) is 0 Å². The van der Waals surface area contributed by atoms with Crippen molar-refractivity contribution in [3.63, 3.8) is 0 Å². The van der Waals surface area contributed by atoms with Crippen LogP contribution in [0.15, 0.2) is 54.6 Å². The average Bonchev–Trinajstić information content (AvgIpc) is 2.53. The zero-order chi connectivity index (χ0) is 14.9. The van der Waals surface area contributed by atoms with Crippen LogP contribution in [0.25, 0.3) is 6.08 Å². The average molecular weight is 278 g/mol. The van der Waals surface area contributed by atoms with E-state index in [1.807, 2.05) is 0 Å². The second kappa shape index (κ2) is 8.46. The summed E-state index contributed by atoms with van der Waals surface area (Å²) in [6, 6.07) is 18.0. The molecule has 0 fully saturated rings. The van der Waals surface area contributed by atoms with Crippen molar-refractivity contribution in [1.29, 1.82) is 0 Å². The highest BCUT2D eigenvalue weighted by molar-refractivity contribution is 5.49. The van der Waals surface area contributed by atoms with E-state index in [-0.39, 0.29) is 0 Å². The maximum atomic E-state index is 2.28. The number of aryl methyl sites for hydroxylation is 3. The summed E-state index contributed by atoms with van der Waals surface area (Å²) in [6.07, 6.45) is 10.1. The minimum Gasteiger partial charge on any atom is -0.0842 e. The van der Waals surface area contributed by atoms with E-state index >= 15 is 0 Å². The number of hydrogen-bond acceptors (Lipinski definition) is 0. The molecule has 0 heteroatoms. The molecule has 0 aromatic heterocycles. The lowest BCUT2D eigenvalue weighted by molar-refractivity contribution is 0.914. The Morgan fingerprint density at radius 2 is 1.14 bits per heavy atom. The van der Waals surface area contributed by atoms with E-state index in [4.69, 9.17) is 0 Å². The molecule has 21 heavy (non-hydrogen) atoms. The van der Waals surface area contributed by atoms with E-state index in [2.05, 4.69) is 74.5 Å². The Balaban J connectivity index is 1.88. The normalized spacial score (nSPS) is 11.1. The molecular formula is C21H26. The third-order valence-electron chi connectivity index (χ3n) is 3.79. The van der Waals surface area contributed by atoms with Crippen LogP contribution in [0.4, 0.5) is 0 Å². The smallest absolute Gasteiger partial charge is 0.0238 e. The molecule has 0 spiro atoms. The number of allylic oxidation sites excluding steroid dienone is 1. The van der Waals surface area contributed by atoms with E-state index in [1.54, 1.807) is 0 Å². The molecule has 0 aliphatic heterocycles. The molecule has 0 atom stereocenters. The first-order valence-electron chi connectivity index (χ1n) is 8.15. The lowest BCUT2D eigenvalue weighted by Gasteiger charge is -2.05. The molecule has 0 radical (unpaired) electrons. The van der Waals surface area contributed by atoms with Crippen molar-refractivity contribution in [3.05, 3.63) is 76.9 Å². The lowest BCUT2D eigenvalue weighted by atomic mass is 10.0. The maximum absolute atomic E-state index is 2.28. The topological polar surface area (TPSA) is 0 Å². The van der Waals surface area contributed by atoms with E-state index in [9.17, 15) is 0 Å². The van der Waals surface area contributed by atoms with Crippen LogP contribution in [0.3, 0.4) is 0 Å². The Bertz CT molecular complexity index is 544. The summed E-state index contributed by atoms with van der Waals surface area (Å²) in [7, 11) is 0. The summed E-state index contributed by atoms with van der Waals surface area (Å²) >= 11 is 0. The molecule has 0 saturated heterocycles. The summed E-state index contributed by atoms with van der Waals surface area (Å²) in [5.74, 6) is 0. The molecule has 0 amide bonds. The highest BCUT2D eigenvalue weighted by Gasteiger charge is 1.97. The molecule has 2 aromatic rings. The zero-order valence-corrected chi connectivity index (χ0v) is 13.3. The number of rotatable bonds is 7. The summed E-state index contributed by atoms with van der Waals surface area (Å²) in [5.41, 5.74) is 5.60. The van der Waals surface area contributed by atoms with Gasteiger partial charge in [-0.3, -0.25) is 0 Å². The Hall–Kier alpha value is -1.82. The van der Waals surface area contributed by atoms with Gasteiger partial charge in [-0.15, -0.1) is 0 Å². The minimum atomic E-state index is 1.09. The number of benzene rings is 2. The molecular weight excluding hydrogens is 252 g/mol. The van der Waals surface area contributed by atoms with Crippen LogP contribution >= 0.6 is 0 Å². The molecule has 0 saturated carbocycles. The van der Waals surface area contributed by atoms with Crippen molar-refractivity contribution in [2.24, 2.45) is 0 Å². The molecule has 0 nitrogen and oxygen atoms in total. The molecule has 0 bridgehead atoms. The van der Waals surface area contributed by atoms with Crippen molar-refractivity contribution in [2.45, 2.75) is 46.0 Å². The first-order chi connectivity index (χ1) is 10.3. The quantitative estimate of drug-likeness (QED) is 0.596. The third-order valence-corrected chi connectivity index (χ3v) is 3.79. The molecule has 0 heterocycles. The summed E-state index contributed by atoms with van der Waals surface area (Å²) in [4.78, 5) is 0. The highest BCUT2D eigenvalue weighted by Crippen LogP contribution is 2.12. The Labute approximate surface area is 129 Å². The van der Waals surface area contributed by atoms with Crippen molar-refractivity contribution in [1.82, 2.24) is 0 Å². The molecule has 2 rings (SSSR count). The van der Waals surface area contributed by atoms with Crippen LogP contribution in [0.5, 0.6) is 0 Å². The lowest BCUT2D eigenvalue weighted by Crippen LogP contribution is -1.92. The first kappa shape index (κ1) is 15.6. The van der Waals surface area contributed by atoms with Gasteiger partial charge in [0.05, 0.1) is 0 Å². The van der Waals surface area contributed by atoms with Gasteiger partial charge in [-0.05, 0) is 47.9 Å². The van der Waals surface area contributed by atoms with Gasteiger partial charge in [0.1, 0.15) is 0 Å². The third kappa shape index (κ3) is 5.23. The SMILES string of the molecule is CC/C=C/c1ccc(CCc2ccc(CCC)cc2)cc1. The fourth-order valence-corrected chi connectivity index (χ4v) is 2.50. The van der Waals surface area contributed by atoms with Gasteiger partial charge in [-0.1, -0.05) is 81.0 Å². The van der Waals surface area contributed by atoms with Gasteiger partial charge in [0, 0.05) is 0 Å². The highest BCUT2D eigenvalue weighted by atomic mass is 14.0. The Morgan fingerprint density at radius 1 is 0.667 bits per heavy atom. The van der Waals surface area contributed by atoms with E-state index in [0.717, 1.165) is 19.3 Å². The maximum Gasteiger partial charge on any atom is -0.0238 e. The second-order valence-electron chi connectivity index (χ2n) is 5.62. The molecule has 0 aliphatic rings. The van der Waals surface area contributed by atoms with Crippen LogP contribution in [0.1, 0.15) is 48.9 Å². The minimum absolute atomic E-state index is 1.09. The standard InChI is InChI=1S/C21H26/c1-3-5-7-19-10-14-21(15-11-19)17-16-20-12-8-18(6-4-2)9-13-20/h5,7-15H,3-4,6,16-17H2,1-2H3/b7-5+. The van der Waals surface area contributed by atoms with Gasteiger partial charge in [-0.2, -0.15) is 0 Å². The fraction of sp³-hybridized carbons (Fsp3) is 0.333. The number of hydrogen-bond donors (Lipinski definition) is 0. The van der Waals surface area contributed by atoms with Crippen LogP contribution in [-0.4, -0.2) is 0 Å². The van der Waals surface area contributed by atoms with Crippen LogP contribution in [0, 0.1) is 0 Å². The molecule has 2 aromatic carbocycles. The summed E-state index contributed by atoms with van der Waals surface area (Å²) in [6.45, 7) is 4.39. The van der Waals surface area contributed by atoms with Gasteiger partial charge < -0.3 is 0 Å². The molecule has 0 unspecified atom stereocenters. The van der Waals surface area contributed by atoms with Gasteiger partial charge in [0.25, 0.3) is 0 Å². The van der Waals surface area contributed by atoms with Crippen LogP contribution in [0.2, 0.25) is 0 Å². The summed E-state index contributed by atoms with van der Waals surface area (Å²) < 4.78 is 0. The van der Waals surface area contributed by atoms with E-state index < -0.39 is 0 Å². The Morgan fingerprint density at radius 3 is 1.62 bits per heavy atom. The van der Waals surface area contributed by atoms with Crippen molar-refractivity contribution >= 4 is 6.08 Å². The second-order valence-corrected chi connectivity index (χ2v) is 5.62. The van der Waals surface area contributed by atoms with Gasteiger partial charge in [-0.25, -0.2) is 0 Å². The van der Waals surface area contributed by atoms with Gasteiger partial charge in [0.15, 0.2) is 0 Å². The largest absolute Gasteiger partial charge is 0.0842 e. The zero-order valence-electron chi connectivity index (χ0n) is 13.3. The monoisotopic (exact) mass is 278 g/mol. The van der Waals surface area contributed by atoms with Crippen molar-refractivity contribution in [3.8, 4) is 0 Å². The summed E-state index contributed by atoms with van der Waals surface area (Å²) in [5, 5.41) is 0. The predicted octanol–water partition coefficient (Wildman–Crippen LogP) is 5.85. The van der Waals surface area contributed by atoms with E-state index in [0.29, 0.717) is 0 Å². The molecule has 0 N–H and O–H groups in total. The Kier molecular flexibility index (Phi) is 6.27. The molecule has 110 valence electrons. The van der Waals surface area contributed by atoms with Crippen LogP contribution in [-0.2, 0) is 19.3 Å². The first-order valence-corrected chi connectivity index (χ1v) is 8.15. The van der Waals surface area contributed by atoms with Crippen molar-refractivity contribution < 1.29 is 0 Å². The van der Waals surface area contributed by atoms with Gasteiger partial charge >= 0.3 is 0 Å². The molecule has 0 aliphatic carbocycles. The van der Waals surface area contributed by atoms with Crippen molar-refractivity contribution in [2.75, 3.05) is 0 Å². The van der Waals surface area contributed by atoms with Crippen LogP contribution < -0.4 is 0 Å². The fourth-order valence-electron chi connectivity index (χ4n) is 2.50. The predicted molar refractivity (Wildman–Crippen MR) is 93.6 cm³/mol. The van der Waals surface area contributed by atoms with E-state index in [1.165, 1.54) is 35.1 Å².